The third kappa shape index (κ3) is 10.6. The van der Waals surface area contributed by atoms with Gasteiger partial charge in [-0.1, -0.05) is 66.4 Å². The van der Waals surface area contributed by atoms with Gasteiger partial charge in [0.25, 0.3) is 5.91 Å². The normalized spacial score (nSPS) is 20.9. The summed E-state index contributed by atoms with van der Waals surface area (Å²) < 4.78 is 5.22. The van der Waals surface area contributed by atoms with E-state index in [0.717, 1.165) is 49.8 Å². The summed E-state index contributed by atoms with van der Waals surface area (Å²) in [7, 11) is 0. The fourth-order valence-electron chi connectivity index (χ4n) is 8.14. The maximum atomic E-state index is 14.4. The van der Waals surface area contributed by atoms with Crippen molar-refractivity contribution in [1.29, 1.82) is 0 Å². The number of nitrogens with one attached hydrogen (secondary N) is 4. The molecule has 0 radical (unpaired) electrons. The first-order valence-corrected chi connectivity index (χ1v) is 20.6. The lowest BCUT2D eigenvalue weighted by molar-refractivity contribution is -0.134. The van der Waals surface area contributed by atoms with Crippen LogP contribution in [0.1, 0.15) is 111 Å². The van der Waals surface area contributed by atoms with Crippen LogP contribution >= 0.6 is 0 Å². The van der Waals surface area contributed by atoms with Gasteiger partial charge in [-0.25, -0.2) is 19.6 Å². The molecule has 5 amide bonds. The van der Waals surface area contributed by atoms with Crippen molar-refractivity contribution in [3.8, 4) is 23.1 Å². The molecule has 1 aliphatic carbocycles. The highest BCUT2D eigenvalue weighted by molar-refractivity contribution is 5.92. The predicted octanol–water partition coefficient (Wildman–Crippen LogP) is 6.29. The Morgan fingerprint density at radius 3 is 2.39 bits per heavy atom. The molecule has 2 aliphatic heterocycles. The number of amides is 5. The van der Waals surface area contributed by atoms with Crippen LogP contribution in [0.5, 0.6) is 0 Å². The number of hydrogen-bond acceptors (Lipinski definition) is 8. The van der Waals surface area contributed by atoms with Gasteiger partial charge in [0, 0.05) is 43.5 Å². The summed E-state index contributed by atoms with van der Waals surface area (Å²) in [5.74, 6) is 6.63. The fourth-order valence-corrected chi connectivity index (χ4v) is 8.14. The number of carbonyl (C=O) groups is 4. The summed E-state index contributed by atoms with van der Waals surface area (Å²) in [4.78, 5) is 72.8. The van der Waals surface area contributed by atoms with Crippen LogP contribution in [0.2, 0.25) is 0 Å². The molecule has 7 rings (SSSR count). The number of nitrogens with zero attached hydrogens (tertiary/aromatic N) is 5. The number of carbonyl (C=O) groups excluding carboxylic acids is 4. The number of imidazole rings is 1. The van der Waals surface area contributed by atoms with Gasteiger partial charge in [0.2, 0.25) is 5.91 Å². The molecule has 4 aromatic rings. The third-order valence-electron chi connectivity index (χ3n) is 11.2. The van der Waals surface area contributed by atoms with Crippen LogP contribution in [0.15, 0.2) is 79.4 Å². The topological polar surface area (TPSA) is 175 Å². The molecule has 14 heteroatoms. The minimum Gasteiger partial charge on any atom is -0.436 e. The van der Waals surface area contributed by atoms with Crippen molar-refractivity contribution in [1.82, 2.24) is 45.7 Å². The van der Waals surface area contributed by atoms with Gasteiger partial charge in [-0.15, -0.1) is 0 Å². The van der Waals surface area contributed by atoms with E-state index < -0.39 is 12.1 Å². The first kappa shape index (κ1) is 40.9. The lowest BCUT2D eigenvalue weighted by atomic mass is 9.81. The molecule has 3 aliphatic rings. The molecule has 2 aromatic heterocycles. The van der Waals surface area contributed by atoms with E-state index in [1.807, 2.05) is 62.2 Å². The van der Waals surface area contributed by atoms with Crippen molar-refractivity contribution in [2.75, 3.05) is 26.2 Å². The number of urea groups is 1. The Morgan fingerprint density at radius 1 is 0.881 bits per heavy atom. The fraction of sp³-hybridized carbons (Fsp3) is 0.444. The number of likely N-dealkylation sites (tertiary alicyclic amines) is 2. The number of ether oxygens (including phenoxy) is 1. The van der Waals surface area contributed by atoms with Crippen molar-refractivity contribution < 1.29 is 23.9 Å². The Kier molecular flexibility index (Phi) is 12.9. The first-order chi connectivity index (χ1) is 28.5. The highest BCUT2D eigenvalue weighted by Gasteiger charge is 2.38. The summed E-state index contributed by atoms with van der Waals surface area (Å²) in [6.45, 7) is 7.19. The number of aromatic nitrogens is 4. The second-order valence-corrected chi connectivity index (χ2v) is 16.6. The zero-order chi connectivity index (χ0) is 41.4. The summed E-state index contributed by atoms with van der Waals surface area (Å²) in [6.07, 6.45) is 11.7. The minimum absolute atomic E-state index is 0.00968. The summed E-state index contributed by atoms with van der Waals surface area (Å²) in [6, 6.07) is 16.1. The Morgan fingerprint density at radius 2 is 1.66 bits per heavy atom. The van der Waals surface area contributed by atoms with Crippen LogP contribution in [0.4, 0.5) is 9.59 Å². The number of rotatable bonds is 10. The van der Waals surface area contributed by atoms with E-state index >= 15 is 0 Å². The van der Waals surface area contributed by atoms with E-state index in [1.54, 1.807) is 11.1 Å². The molecule has 0 unspecified atom stereocenters. The van der Waals surface area contributed by atoms with Crippen LogP contribution in [-0.4, -0.2) is 92.0 Å². The zero-order valence-corrected chi connectivity index (χ0v) is 33.9. The van der Waals surface area contributed by atoms with Crippen molar-refractivity contribution in [3.05, 3.63) is 102 Å². The van der Waals surface area contributed by atoms with Gasteiger partial charge in [-0.3, -0.25) is 14.6 Å². The van der Waals surface area contributed by atoms with Gasteiger partial charge >= 0.3 is 12.1 Å². The van der Waals surface area contributed by atoms with E-state index in [-0.39, 0.29) is 48.0 Å². The zero-order valence-electron chi connectivity index (χ0n) is 33.9. The molecular weight excluding hydrogens is 747 g/mol. The maximum absolute atomic E-state index is 14.4. The summed E-state index contributed by atoms with van der Waals surface area (Å²) >= 11 is 0. The van der Waals surface area contributed by atoms with Gasteiger partial charge in [-0.05, 0) is 88.3 Å². The molecule has 308 valence electrons. The van der Waals surface area contributed by atoms with Crippen LogP contribution in [0, 0.1) is 17.3 Å². The Balaban J connectivity index is 0.943. The quantitative estimate of drug-likeness (QED) is 0.136. The smallest absolute Gasteiger partial charge is 0.408 e. The highest BCUT2D eigenvalue weighted by atomic mass is 16.5. The monoisotopic (exact) mass is 799 g/mol. The van der Waals surface area contributed by atoms with Crippen molar-refractivity contribution in [2.24, 2.45) is 5.41 Å². The molecular formula is C45H53N9O5. The van der Waals surface area contributed by atoms with Crippen molar-refractivity contribution in [2.45, 2.75) is 95.8 Å². The molecule has 2 saturated heterocycles. The predicted molar refractivity (Wildman–Crippen MR) is 222 cm³/mol. The molecule has 3 fully saturated rings. The molecule has 4 heterocycles. The van der Waals surface area contributed by atoms with Crippen LogP contribution in [0.3, 0.4) is 0 Å². The molecule has 4 N–H and O–H groups in total. The van der Waals surface area contributed by atoms with E-state index in [2.05, 4.69) is 67.0 Å². The van der Waals surface area contributed by atoms with Crippen LogP contribution < -0.4 is 16.0 Å². The average Bonchev–Trinajstić information content (AvgIpc) is 4.04. The van der Waals surface area contributed by atoms with E-state index in [9.17, 15) is 19.2 Å². The standard InChI is InChI=1S/C45H53N9O5/c1-45(2,3)21-8-26-59-44(58)50-35-20-25-53(29-35)43(57)52-39(33-9-5-4-6-10-33)42(56)54-24-7-11-38(54)40-48-28-36(51-40)32-14-12-30(13-15-32)31-16-18-34(19-17-31)49-41(55)37-27-46-22-23-47-37/h4-6,9-10,12-15,22-23,27-28,31,34-35,38-39H,7,11,16-20,24-26,29H2,1-3H3,(H,48,51)(H,49,55)(H,50,58)(H,52,57)/t31?,34?,35-,38+,39-/m1/s1. The first-order valence-electron chi connectivity index (χ1n) is 20.6. The van der Waals surface area contributed by atoms with Gasteiger partial charge in [0.15, 0.2) is 6.61 Å². The Hall–Kier alpha value is -6.23. The van der Waals surface area contributed by atoms with Crippen LogP contribution in [-0.2, 0) is 9.53 Å². The molecule has 3 atom stereocenters. The second-order valence-electron chi connectivity index (χ2n) is 16.6. The Bertz CT molecular complexity index is 2130. The van der Waals surface area contributed by atoms with E-state index in [1.165, 1.54) is 18.0 Å². The van der Waals surface area contributed by atoms with E-state index in [0.29, 0.717) is 49.1 Å². The van der Waals surface area contributed by atoms with Gasteiger partial charge in [-0.2, -0.15) is 0 Å². The van der Waals surface area contributed by atoms with Gasteiger partial charge in [0.05, 0.1) is 30.2 Å². The maximum Gasteiger partial charge on any atom is 0.408 e. The molecule has 2 aromatic carbocycles. The molecule has 0 bridgehead atoms. The molecule has 0 spiro atoms. The largest absolute Gasteiger partial charge is 0.436 e. The summed E-state index contributed by atoms with van der Waals surface area (Å²) in [5, 5.41) is 8.95. The SMILES string of the molecule is CC(C)(C)C#CCOC(=O)N[C@@H]1CCN(C(=O)N[C@@H](C(=O)N2CCC[C@H]2c2ncc(-c3ccc(C4CCC(NC(=O)c5cnccn5)CC4)cc3)[nH]2)c2ccccc2)C1. The third-order valence-corrected chi connectivity index (χ3v) is 11.2. The number of H-pyrrole nitrogens is 1. The Labute approximate surface area is 345 Å². The van der Waals surface area contributed by atoms with Crippen LogP contribution in [0.25, 0.3) is 11.3 Å². The molecule has 14 nitrogen and oxygen atoms in total. The van der Waals surface area contributed by atoms with Gasteiger partial charge < -0.3 is 35.5 Å². The second kappa shape index (κ2) is 18.6. The van der Waals surface area contributed by atoms with Gasteiger partial charge in [0.1, 0.15) is 17.6 Å². The summed E-state index contributed by atoms with van der Waals surface area (Å²) in [5.41, 5.74) is 3.98. The minimum atomic E-state index is -0.908. The van der Waals surface area contributed by atoms with Crippen molar-refractivity contribution >= 4 is 23.9 Å². The number of alkyl carbamates (subject to hydrolysis) is 1. The van der Waals surface area contributed by atoms with Crippen molar-refractivity contribution in [3.63, 3.8) is 0 Å². The molecule has 59 heavy (non-hydrogen) atoms. The molecule has 1 saturated carbocycles. The number of hydrogen-bond donors (Lipinski definition) is 4. The lowest BCUT2D eigenvalue weighted by Crippen LogP contribution is -2.48. The number of benzene rings is 2. The highest BCUT2D eigenvalue weighted by Crippen LogP contribution is 2.36. The number of aromatic amines is 1. The average molecular weight is 800 g/mol. The lowest BCUT2D eigenvalue weighted by Gasteiger charge is -2.30. The van der Waals surface area contributed by atoms with E-state index in [4.69, 9.17) is 9.72 Å².